The van der Waals surface area contributed by atoms with E-state index in [4.69, 9.17) is 11.6 Å². The van der Waals surface area contributed by atoms with Gasteiger partial charge in [-0.25, -0.2) is 9.37 Å². The van der Waals surface area contributed by atoms with Crippen molar-refractivity contribution >= 4 is 33.3 Å². The summed E-state index contributed by atoms with van der Waals surface area (Å²) in [6.45, 7) is 0.836. The lowest BCUT2D eigenvalue weighted by Gasteiger charge is -2.35. The molecule has 0 aliphatic carbocycles. The van der Waals surface area contributed by atoms with Crippen LogP contribution in [0.2, 0.25) is 0 Å². The van der Waals surface area contributed by atoms with E-state index in [9.17, 15) is 4.39 Å². The van der Waals surface area contributed by atoms with E-state index in [1.807, 2.05) is 4.90 Å². The quantitative estimate of drug-likeness (QED) is 0.776. The first kappa shape index (κ1) is 12.1. The van der Waals surface area contributed by atoms with Crippen molar-refractivity contribution in [2.45, 2.75) is 25.3 Å². The molecule has 2 heterocycles. The summed E-state index contributed by atoms with van der Waals surface area (Å²) in [6.07, 6.45) is 4.87. The van der Waals surface area contributed by atoms with Crippen molar-refractivity contribution in [3.63, 3.8) is 0 Å². The fraction of sp³-hybridized carbons (Fsp3) is 0.545. The smallest absolute Gasteiger partial charge is 0.166 e. The lowest BCUT2D eigenvalue weighted by Crippen LogP contribution is -2.41. The minimum Gasteiger partial charge on any atom is -0.350 e. The molecule has 0 amide bonds. The fourth-order valence-electron chi connectivity index (χ4n) is 2.06. The largest absolute Gasteiger partial charge is 0.350 e. The Bertz CT molecular complexity index is 375. The molecule has 0 N–H and O–H groups in total. The van der Waals surface area contributed by atoms with Crippen molar-refractivity contribution < 1.29 is 4.39 Å². The third-order valence-corrected chi connectivity index (χ3v) is 3.66. The molecule has 2 rings (SSSR count). The first-order valence-electron chi connectivity index (χ1n) is 5.36. The summed E-state index contributed by atoms with van der Waals surface area (Å²) in [4.78, 5) is 6.13. The van der Waals surface area contributed by atoms with Gasteiger partial charge in [0.15, 0.2) is 11.6 Å². The highest BCUT2D eigenvalue weighted by Gasteiger charge is 2.24. The Morgan fingerprint density at radius 3 is 3.06 bits per heavy atom. The molecule has 1 aliphatic rings. The standard InChI is InChI=1S/C11H13BrClFN2/c12-8-5-10(14)11(15-7-8)16-4-2-1-3-9(16)6-13/h5,7,9H,1-4,6H2. The van der Waals surface area contributed by atoms with E-state index in [0.29, 0.717) is 16.2 Å². The van der Waals surface area contributed by atoms with E-state index in [-0.39, 0.29) is 11.9 Å². The number of anilines is 1. The van der Waals surface area contributed by atoms with Crippen LogP contribution in [0.5, 0.6) is 0 Å². The molecule has 1 aromatic rings. The highest BCUT2D eigenvalue weighted by atomic mass is 79.9. The molecule has 2 nitrogen and oxygen atoms in total. The number of nitrogens with zero attached hydrogens (tertiary/aromatic N) is 2. The minimum absolute atomic E-state index is 0.207. The topological polar surface area (TPSA) is 16.1 Å². The zero-order valence-electron chi connectivity index (χ0n) is 8.80. The van der Waals surface area contributed by atoms with E-state index in [0.717, 1.165) is 25.8 Å². The molecular weight excluding hydrogens is 294 g/mol. The van der Waals surface area contributed by atoms with Gasteiger partial charge in [0.2, 0.25) is 0 Å². The average Bonchev–Trinajstić information content (AvgIpc) is 2.29. The van der Waals surface area contributed by atoms with Crippen molar-refractivity contribution in [2.75, 3.05) is 17.3 Å². The molecule has 1 fully saturated rings. The van der Waals surface area contributed by atoms with Crippen molar-refractivity contribution in [2.24, 2.45) is 0 Å². The van der Waals surface area contributed by atoms with Crippen LogP contribution in [0.15, 0.2) is 16.7 Å². The molecule has 0 bridgehead atoms. The summed E-state index contributed by atoms with van der Waals surface area (Å²) in [5, 5.41) is 0. The van der Waals surface area contributed by atoms with Gasteiger partial charge in [0.05, 0.1) is 0 Å². The first-order chi connectivity index (χ1) is 7.72. The second-order valence-electron chi connectivity index (χ2n) is 3.96. The SMILES string of the molecule is Fc1cc(Br)cnc1N1CCCCC1CCl. The number of rotatable bonds is 2. The monoisotopic (exact) mass is 306 g/mol. The van der Waals surface area contributed by atoms with Crippen LogP contribution in [-0.2, 0) is 0 Å². The molecule has 0 radical (unpaired) electrons. The molecule has 1 atom stereocenters. The van der Waals surface area contributed by atoms with Crippen LogP contribution < -0.4 is 4.90 Å². The summed E-state index contributed by atoms with van der Waals surface area (Å²) < 4.78 is 14.4. The normalized spacial score (nSPS) is 21.2. The Morgan fingerprint density at radius 1 is 1.56 bits per heavy atom. The van der Waals surface area contributed by atoms with E-state index < -0.39 is 0 Å². The van der Waals surface area contributed by atoms with Gasteiger partial charge in [-0.15, -0.1) is 11.6 Å². The number of hydrogen-bond acceptors (Lipinski definition) is 2. The van der Waals surface area contributed by atoms with E-state index in [2.05, 4.69) is 20.9 Å². The molecule has 1 aliphatic heterocycles. The average molecular weight is 308 g/mol. The maximum absolute atomic E-state index is 13.8. The summed E-state index contributed by atoms with van der Waals surface area (Å²) in [5.74, 6) is 0.664. The molecule has 1 unspecified atom stereocenters. The van der Waals surface area contributed by atoms with E-state index >= 15 is 0 Å². The van der Waals surface area contributed by atoms with Crippen LogP contribution in [0.25, 0.3) is 0 Å². The summed E-state index contributed by atoms with van der Waals surface area (Å²) in [6, 6.07) is 1.65. The van der Waals surface area contributed by atoms with Gasteiger partial charge < -0.3 is 4.90 Å². The van der Waals surface area contributed by atoms with Crippen LogP contribution in [0.3, 0.4) is 0 Å². The maximum atomic E-state index is 13.8. The number of halogens is 3. The molecule has 16 heavy (non-hydrogen) atoms. The van der Waals surface area contributed by atoms with Crippen LogP contribution in [0, 0.1) is 5.82 Å². The zero-order valence-corrected chi connectivity index (χ0v) is 11.1. The molecule has 1 aromatic heterocycles. The van der Waals surface area contributed by atoms with Gasteiger partial charge in [-0.05, 0) is 41.3 Å². The van der Waals surface area contributed by atoms with Crippen molar-refractivity contribution in [1.82, 2.24) is 4.98 Å². The highest BCUT2D eigenvalue weighted by molar-refractivity contribution is 9.10. The highest BCUT2D eigenvalue weighted by Crippen LogP contribution is 2.27. The van der Waals surface area contributed by atoms with Gasteiger partial charge in [0.25, 0.3) is 0 Å². The summed E-state index contributed by atoms with van der Waals surface area (Å²) in [5.41, 5.74) is 0. The first-order valence-corrected chi connectivity index (χ1v) is 6.69. The summed E-state index contributed by atoms with van der Waals surface area (Å²) >= 11 is 9.11. The van der Waals surface area contributed by atoms with Crippen LogP contribution in [0.4, 0.5) is 10.2 Å². The number of hydrogen-bond donors (Lipinski definition) is 0. The lowest BCUT2D eigenvalue weighted by atomic mass is 10.0. The predicted molar refractivity (Wildman–Crippen MR) is 67.6 cm³/mol. The number of aromatic nitrogens is 1. The second kappa shape index (κ2) is 5.32. The van der Waals surface area contributed by atoms with Crippen LogP contribution >= 0.6 is 27.5 Å². The maximum Gasteiger partial charge on any atom is 0.166 e. The van der Waals surface area contributed by atoms with Gasteiger partial charge in [-0.1, -0.05) is 0 Å². The minimum atomic E-state index is -0.286. The van der Waals surface area contributed by atoms with Crippen molar-refractivity contribution in [3.8, 4) is 0 Å². The molecule has 0 aromatic carbocycles. The molecule has 88 valence electrons. The lowest BCUT2D eigenvalue weighted by molar-refractivity contribution is 0.473. The number of piperidine rings is 1. The van der Waals surface area contributed by atoms with Gasteiger partial charge in [0.1, 0.15) is 0 Å². The zero-order chi connectivity index (χ0) is 11.5. The Morgan fingerprint density at radius 2 is 2.38 bits per heavy atom. The predicted octanol–water partition coefficient (Wildman–Crippen LogP) is 3.58. The molecule has 1 saturated heterocycles. The third-order valence-electron chi connectivity index (χ3n) is 2.87. The van der Waals surface area contributed by atoms with E-state index in [1.165, 1.54) is 6.07 Å². The van der Waals surface area contributed by atoms with Crippen LogP contribution in [-0.4, -0.2) is 23.5 Å². The Labute approximate surface area is 108 Å². The molecule has 0 spiro atoms. The fourth-order valence-corrected chi connectivity index (χ4v) is 2.68. The number of pyridine rings is 1. The van der Waals surface area contributed by atoms with Gasteiger partial charge in [-0.2, -0.15) is 0 Å². The Balaban J connectivity index is 2.27. The van der Waals surface area contributed by atoms with Gasteiger partial charge >= 0.3 is 0 Å². The molecule has 0 saturated carbocycles. The Hall–Kier alpha value is -0.350. The van der Waals surface area contributed by atoms with Gasteiger partial charge in [-0.3, -0.25) is 0 Å². The molecule has 5 heteroatoms. The number of alkyl halides is 1. The molecular formula is C11H13BrClFN2. The van der Waals surface area contributed by atoms with Gasteiger partial charge in [0, 0.05) is 29.1 Å². The summed E-state index contributed by atoms with van der Waals surface area (Å²) in [7, 11) is 0. The van der Waals surface area contributed by atoms with Crippen molar-refractivity contribution in [1.29, 1.82) is 0 Å². The van der Waals surface area contributed by atoms with Crippen LogP contribution in [0.1, 0.15) is 19.3 Å². The second-order valence-corrected chi connectivity index (χ2v) is 5.18. The van der Waals surface area contributed by atoms with E-state index in [1.54, 1.807) is 6.20 Å². The van der Waals surface area contributed by atoms with Crippen molar-refractivity contribution in [3.05, 3.63) is 22.6 Å². The Kier molecular flexibility index (Phi) is 4.03. The third kappa shape index (κ3) is 2.48.